The summed E-state index contributed by atoms with van der Waals surface area (Å²) in [5, 5.41) is 0. The fraction of sp³-hybridized carbons (Fsp3) is 0.583. The maximum Gasteiger partial charge on any atom is 0.150 e. The third kappa shape index (κ3) is 8.77. The van der Waals surface area contributed by atoms with Gasteiger partial charge in [-0.2, -0.15) is 0 Å². The molecule has 0 bridgehead atoms. The predicted octanol–water partition coefficient (Wildman–Crippen LogP) is 2.95. The summed E-state index contributed by atoms with van der Waals surface area (Å²) in [5.41, 5.74) is 2.13. The van der Waals surface area contributed by atoms with E-state index in [1.807, 2.05) is 16.7 Å². The number of aromatic nitrogens is 1. The van der Waals surface area contributed by atoms with Crippen molar-refractivity contribution in [3.8, 4) is 5.69 Å². The quantitative estimate of drug-likeness (QED) is 0.355. The van der Waals surface area contributed by atoms with E-state index < -0.39 is 11.6 Å². The van der Waals surface area contributed by atoms with Gasteiger partial charge in [-0.15, -0.1) is 0 Å². The van der Waals surface area contributed by atoms with Crippen LogP contribution in [0.1, 0.15) is 11.4 Å². The lowest BCUT2D eigenvalue weighted by molar-refractivity contribution is 0.107. The molecule has 9 heteroatoms. The van der Waals surface area contributed by atoms with E-state index in [4.69, 9.17) is 18.9 Å². The summed E-state index contributed by atoms with van der Waals surface area (Å²) in [6.45, 7) is 6.27. The number of nitrogens with zero attached hydrogens (tertiary/aromatic N) is 3. The van der Waals surface area contributed by atoms with Crippen molar-refractivity contribution in [1.82, 2.24) is 14.4 Å². The van der Waals surface area contributed by atoms with Crippen LogP contribution in [0.2, 0.25) is 0 Å². The Morgan fingerprint density at radius 1 is 0.667 bits per heavy atom. The van der Waals surface area contributed by atoms with Gasteiger partial charge < -0.3 is 23.5 Å². The van der Waals surface area contributed by atoms with Gasteiger partial charge in [0.05, 0.1) is 32.1 Å². The number of benzene rings is 1. The Labute approximate surface area is 195 Å². The SMILES string of the molecule is COCCN(CCOC)Cc1ccc(CN(CCOC)CCOC)n1-c1ccc(F)cc1F. The van der Waals surface area contributed by atoms with Gasteiger partial charge in [-0.3, -0.25) is 9.80 Å². The highest BCUT2D eigenvalue weighted by Crippen LogP contribution is 2.23. The molecular weight excluding hydrogens is 432 g/mol. The van der Waals surface area contributed by atoms with E-state index in [0.29, 0.717) is 71.4 Å². The lowest BCUT2D eigenvalue weighted by Crippen LogP contribution is -2.32. The first-order chi connectivity index (χ1) is 16.0. The van der Waals surface area contributed by atoms with Crippen molar-refractivity contribution in [3.63, 3.8) is 0 Å². The zero-order valence-electron chi connectivity index (χ0n) is 20.2. The number of methoxy groups -OCH3 is 4. The fourth-order valence-electron chi connectivity index (χ4n) is 3.62. The van der Waals surface area contributed by atoms with Crippen molar-refractivity contribution in [3.05, 3.63) is 53.4 Å². The summed E-state index contributed by atoms with van der Waals surface area (Å²) in [4.78, 5) is 4.38. The molecule has 1 aromatic heterocycles. The van der Waals surface area contributed by atoms with E-state index in [1.165, 1.54) is 12.1 Å². The summed E-state index contributed by atoms with van der Waals surface area (Å²) >= 11 is 0. The Hall–Kier alpha value is -1.88. The summed E-state index contributed by atoms with van der Waals surface area (Å²) < 4.78 is 51.4. The molecule has 0 amide bonds. The van der Waals surface area contributed by atoms with Gasteiger partial charge in [-0.1, -0.05) is 0 Å². The van der Waals surface area contributed by atoms with E-state index in [0.717, 1.165) is 17.5 Å². The molecule has 1 aromatic carbocycles. The molecule has 1 heterocycles. The van der Waals surface area contributed by atoms with Crippen LogP contribution in [0.3, 0.4) is 0 Å². The van der Waals surface area contributed by atoms with Gasteiger partial charge in [-0.25, -0.2) is 8.78 Å². The summed E-state index contributed by atoms with van der Waals surface area (Å²) in [5.74, 6) is -1.20. The lowest BCUT2D eigenvalue weighted by Gasteiger charge is -2.25. The van der Waals surface area contributed by atoms with Crippen molar-refractivity contribution in [2.75, 3.05) is 81.0 Å². The van der Waals surface area contributed by atoms with Crippen LogP contribution < -0.4 is 0 Å². The highest BCUT2D eigenvalue weighted by atomic mass is 19.1. The van der Waals surface area contributed by atoms with Crippen LogP contribution in [0.25, 0.3) is 5.69 Å². The van der Waals surface area contributed by atoms with Crippen LogP contribution >= 0.6 is 0 Å². The fourth-order valence-corrected chi connectivity index (χ4v) is 3.62. The first-order valence-electron chi connectivity index (χ1n) is 11.1. The van der Waals surface area contributed by atoms with Crippen LogP contribution in [0.4, 0.5) is 8.78 Å². The molecule has 0 fully saturated rings. The summed E-state index contributed by atoms with van der Waals surface area (Å²) in [6, 6.07) is 7.68. The van der Waals surface area contributed by atoms with Gasteiger partial charge in [-0.05, 0) is 24.3 Å². The molecule has 0 aliphatic rings. The van der Waals surface area contributed by atoms with Crippen LogP contribution in [-0.4, -0.2) is 95.4 Å². The molecule has 0 radical (unpaired) electrons. The normalized spacial score (nSPS) is 11.8. The first kappa shape index (κ1) is 27.4. The molecule has 0 saturated carbocycles. The lowest BCUT2D eigenvalue weighted by atomic mass is 10.2. The molecular formula is C24H37F2N3O4. The monoisotopic (exact) mass is 469 g/mol. The second-order valence-corrected chi connectivity index (χ2v) is 7.77. The maximum absolute atomic E-state index is 14.9. The van der Waals surface area contributed by atoms with Crippen LogP contribution in [0.5, 0.6) is 0 Å². The number of halogens is 2. The van der Waals surface area contributed by atoms with E-state index in [9.17, 15) is 8.78 Å². The Balaban J connectivity index is 2.40. The largest absolute Gasteiger partial charge is 0.383 e. The van der Waals surface area contributed by atoms with E-state index in [-0.39, 0.29) is 0 Å². The van der Waals surface area contributed by atoms with E-state index >= 15 is 0 Å². The second kappa shape index (κ2) is 15.1. The maximum atomic E-state index is 14.9. The third-order valence-electron chi connectivity index (χ3n) is 5.41. The molecule has 2 aromatic rings. The molecule has 0 spiro atoms. The minimum Gasteiger partial charge on any atom is -0.383 e. The Bertz CT molecular complexity index is 764. The topological polar surface area (TPSA) is 48.3 Å². The smallest absolute Gasteiger partial charge is 0.150 e. The predicted molar refractivity (Wildman–Crippen MR) is 124 cm³/mol. The summed E-state index contributed by atoms with van der Waals surface area (Å²) in [6.07, 6.45) is 0. The van der Waals surface area contributed by atoms with Gasteiger partial charge in [0, 0.05) is 85.2 Å². The van der Waals surface area contributed by atoms with Gasteiger partial charge in [0.25, 0.3) is 0 Å². The molecule has 0 N–H and O–H groups in total. The first-order valence-corrected chi connectivity index (χ1v) is 11.1. The summed E-state index contributed by atoms with van der Waals surface area (Å²) in [7, 11) is 6.66. The highest BCUT2D eigenvalue weighted by Gasteiger charge is 2.19. The van der Waals surface area contributed by atoms with Crippen molar-refractivity contribution in [2.24, 2.45) is 0 Å². The van der Waals surface area contributed by atoms with Crippen molar-refractivity contribution in [2.45, 2.75) is 13.1 Å². The highest BCUT2D eigenvalue weighted by molar-refractivity contribution is 5.40. The van der Waals surface area contributed by atoms with Crippen molar-refractivity contribution in [1.29, 1.82) is 0 Å². The van der Waals surface area contributed by atoms with Crippen molar-refractivity contribution < 1.29 is 27.7 Å². The zero-order valence-corrected chi connectivity index (χ0v) is 20.2. The van der Waals surface area contributed by atoms with E-state index in [1.54, 1.807) is 28.4 Å². The minimum absolute atomic E-state index is 0.322. The molecule has 0 saturated heterocycles. The molecule has 0 aliphatic heterocycles. The molecule has 2 rings (SSSR count). The average Bonchev–Trinajstić information content (AvgIpc) is 3.18. The van der Waals surface area contributed by atoms with E-state index in [2.05, 4.69) is 9.80 Å². The second-order valence-electron chi connectivity index (χ2n) is 7.77. The number of hydrogen-bond acceptors (Lipinski definition) is 6. The average molecular weight is 470 g/mol. The third-order valence-corrected chi connectivity index (χ3v) is 5.41. The zero-order chi connectivity index (χ0) is 24.1. The number of hydrogen-bond donors (Lipinski definition) is 0. The Kier molecular flexibility index (Phi) is 12.5. The minimum atomic E-state index is -0.602. The Morgan fingerprint density at radius 3 is 1.45 bits per heavy atom. The van der Waals surface area contributed by atoms with Gasteiger partial charge in [0.15, 0.2) is 0 Å². The van der Waals surface area contributed by atoms with Crippen LogP contribution in [0, 0.1) is 11.6 Å². The Morgan fingerprint density at radius 2 is 1.09 bits per heavy atom. The molecule has 0 unspecified atom stereocenters. The molecule has 0 atom stereocenters. The van der Waals surface area contributed by atoms with Crippen LogP contribution in [-0.2, 0) is 32.0 Å². The molecule has 186 valence electrons. The molecule has 33 heavy (non-hydrogen) atoms. The van der Waals surface area contributed by atoms with Crippen molar-refractivity contribution >= 4 is 0 Å². The standard InChI is InChI=1S/C24H37F2N3O4/c1-30-13-9-27(10-14-31-2)18-21-6-7-22(19-28(11-15-32-3)12-16-33-4)29(21)24-8-5-20(25)17-23(24)26/h5-8,17H,9-16,18-19H2,1-4H3. The van der Waals surface area contributed by atoms with Crippen LogP contribution in [0.15, 0.2) is 30.3 Å². The van der Waals surface area contributed by atoms with Gasteiger partial charge >= 0.3 is 0 Å². The number of ether oxygens (including phenoxy) is 4. The number of rotatable bonds is 17. The molecule has 7 nitrogen and oxygen atoms in total. The van der Waals surface area contributed by atoms with Gasteiger partial charge in [0.1, 0.15) is 11.6 Å². The van der Waals surface area contributed by atoms with Gasteiger partial charge in [0.2, 0.25) is 0 Å². The molecule has 0 aliphatic carbocycles.